The Morgan fingerprint density at radius 1 is 1.17 bits per heavy atom. The molecule has 3 rings (SSSR count). The number of nitriles is 1. The fourth-order valence-electron chi connectivity index (χ4n) is 4.22. The van der Waals surface area contributed by atoms with Gasteiger partial charge in [0, 0.05) is 11.5 Å². The highest BCUT2D eigenvalue weighted by molar-refractivity contribution is 5.99. The van der Waals surface area contributed by atoms with Crippen LogP contribution in [0, 0.1) is 17.2 Å². The van der Waals surface area contributed by atoms with E-state index in [-0.39, 0.29) is 11.4 Å². The number of carbonyl (C=O) groups is 1. The Balaban J connectivity index is 2.03. The summed E-state index contributed by atoms with van der Waals surface area (Å²) in [5.41, 5.74) is 1.59. The van der Waals surface area contributed by atoms with Crippen molar-refractivity contribution < 1.29 is 4.79 Å². The predicted molar refractivity (Wildman–Crippen MR) is 68.6 cm³/mol. The number of carbonyl (C=O) groups excluding carboxylic acids is 1. The molecule has 0 aromatic rings. The van der Waals surface area contributed by atoms with Crippen LogP contribution in [0.1, 0.15) is 57.8 Å². The van der Waals surface area contributed by atoms with Crippen molar-refractivity contribution in [1.82, 2.24) is 5.32 Å². The van der Waals surface area contributed by atoms with E-state index in [0.717, 1.165) is 32.1 Å². The average Bonchev–Trinajstić information content (AvgIpc) is 2.40. The molecule has 3 heteroatoms. The highest BCUT2D eigenvalue weighted by Gasteiger charge is 2.47. The van der Waals surface area contributed by atoms with Gasteiger partial charge in [-0.2, -0.15) is 5.26 Å². The van der Waals surface area contributed by atoms with E-state index in [0.29, 0.717) is 11.5 Å². The summed E-state index contributed by atoms with van der Waals surface area (Å²) in [6.45, 7) is 0. The molecule has 2 saturated carbocycles. The maximum atomic E-state index is 12.2. The number of hydrogen-bond donors (Lipinski definition) is 1. The largest absolute Gasteiger partial charge is 0.345 e. The average molecular weight is 244 g/mol. The molecule has 0 aromatic carbocycles. The molecule has 3 aliphatic rings. The molecule has 1 unspecified atom stereocenters. The summed E-state index contributed by atoms with van der Waals surface area (Å²) in [4.78, 5) is 12.2. The minimum atomic E-state index is -0.104. The third-order valence-electron chi connectivity index (χ3n) is 5.04. The molecular formula is C15H20N2O. The Kier molecular flexibility index (Phi) is 2.89. The molecule has 96 valence electrons. The maximum absolute atomic E-state index is 12.2. The fourth-order valence-corrected chi connectivity index (χ4v) is 4.22. The van der Waals surface area contributed by atoms with Gasteiger partial charge in [-0.15, -0.1) is 0 Å². The zero-order chi connectivity index (χ0) is 12.6. The van der Waals surface area contributed by atoms with E-state index >= 15 is 0 Å². The zero-order valence-corrected chi connectivity index (χ0v) is 10.8. The molecule has 1 spiro atoms. The second-order valence-electron chi connectivity index (χ2n) is 5.98. The van der Waals surface area contributed by atoms with Gasteiger partial charge in [0.25, 0.3) is 5.91 Å². The van der Waals surface area contributed by atoms with Gasteiger partial charge >= 0.3 is 0 Å². The topological polar surface area (TPSA) is 52.9 Å². The summed E-state index contributed by atoms with van der Waals surface area (Å²) in [6, 6.07) is 2.14. The SMILES string of the molecule is N#CC1=C2CCCCC2C2(CCCCC2)NC1=O. The van der Waals surface area contributed by atoms with Crippen molar-refractivity contribution in [3.05, 3.63) is 11.1 Å². The number of nitrogens with zero attached hydrogens (tertiary/aromatic N) is 1. The van der Waals surface area contributed by atoms with Gasteiger partial charge in [-0.3, -0.25) is 4.79 Å². The first kappa shape index (κ1) is 11.8. The van der Waals surface area contributed by atoms with Crippen LogP contribution in [0.5, 0.6) is 0 Å². The van der Waals surface area contributed by atoms with Crippen LogP contribution in [0.2, 0.25) is 0 Å². The van der Waals surface area contributed by atoms with Gasteiger partial charge < -0.3 is 5.32 Å². The van der Waals surface area contributed by atoms with E-state index < -0.39 is 0 Å². The smallest absolute Gasteiger partial charge is 0.262 e. The molecule has 1 N–H and O–H groups in total. The van der Waals surface area contributed by atoms with E-state index in [2.05, 4.69) is 11.4 Å². The molecule has 1 amide bonds. The quantitative estimate of drug-likeness (QED) is 0.712. The zero-order valence-electron chi connectivity index (χ0n) is 10.8. The molecule has 0 aromatic heterocycles. The lowest BCUT2D eigenvalue weighted by atomic mass is 9.63. The highest BCUT2D eigenvalue weighted by atomic mass is 16.2. The lowest BCUT2D eigenvalue weighted by Crippen LogP contribution is -2.59. The van der Waals surface area contributed by atoms with Gasteiger partial charge in [0.15, 0.2) is 0 Å². The van der Waals surface area contributed by atoms with Crippen LogP contribution in [0.25, 0.3) is 0 Å². The van der Waals surface area contributed by atoms with Crippen molar-refractivity contribution in [3.8, 4) is 6.07 Å². The van der Waals surface area contributed by atoms with Crippen LogP contribution in [-0.4, -0.2) is 11.4 Å². The lowest BCUT2D eigenvalue weighted by molar-refractivity contribution is -0.121. The maximum Gasteiger partial charge on any atom is 0.262 e. The normalized spacial score (nSPS) is 30.6. The second-order valence-corrected chi connectivity index (χ2v) is 5.98. The summed E-state index contributed by atoms with van der Waals surface area (Å²) in [7, 11) is 0. The minimum Gasteiger partial charge on any atom is -0.345 e. The van der Waals surface area contributed by atoms with Gasteiger partial charge in [-0.1, -0.05) is 25.7 Å². The number of fused-ring (bicyclic) bond motifs is 2. The van der Waals surface area contributed by atoms with E-state index in [4.69, 9.17) is 0 Å². The molecule has 3 nitrogen and oxygen atoms in total. The van der Waals surface area contributed by atoms with Gasteiger partial charge in [-0.05, 0) is 37.7 Å². The minimum absolute atomic E-state index is 0.00850. The van der Waals surface area contributed by atoms with E-state index in [1.807, 2.05) is 0 Å². The third-order valence-corrected chi connectivity index (χ3v) is 5.04. The van der Waals surface area contributed by atoms with Crippen molar-refractivity contribution in [2.75, 3.05) is 0 Å². The highest BCUT2D eigenvalue weighted by Crippen LogP contribution is 2.47. The lowest BCUT2D eigenvalue weighted by Gasteiger charge is -2.49. The van der Waals surface area contributed by atoms with Crippen LogP contribution in [0.15, 0.2) is 11.1 Å². The Morgan fingerprint density at radius 3 is 2.67 bits per heavy atom. The number of amides is 1. The first-order valence-corrected chi connectivity index (χ1v) is 7.22. The van der Waals surface area contributed by atoms with Crippen LogP contribution in [-0.2, 0) is 4.79 Å². The Bertz CT molecular complexity index is 438. The van der Waals surface area contributed by atoms with Crippen LogP contribution < -0.4 is 5.32 Å². The molecule has 0 saturated heterocycles. The summed E-state index contributed by atoms with van der Waals surface area (Å²) in [5.74, 6) is 0.339. The van der Waals surface area contributed by atoms with Crippen LogP contribution in [0.4, 0.5) is 0 Å². The van der Waals surface area contributed by atoms with Gasteiger partial charge in [-0.25, -0.2) is 0 Å². The van der Waals surface area contributed by atoms with E-state index in [1.165, 1.54) is 31.3 Å². The Morgan fingerprint density at radius 2 is 1.94 bits per heavy atom. The number of nitrogens with one attached hydrogen (secondary N) is 1. The van der Waals surface area contributed by atoms with Crippen molar-refractivity contribution in [1.29, 1.82) is 5.26 Å². The van der Waals surface area contributed by atoms with Gasteiger partial charge in [0.1, 0.15) is 11.6 Å². The first-order valence-electron chi connectivity index (χ1n) is 7.22. The number of hydrogen-bond acceptors (Lipinski definition) is 2. The van der Waals surface area contributed by atoms with E-state index in [1.54, 1.807) is 0 Å². The molecule has 18 heavy (non-hydrogen) atoms. The molecule has 1 heterocycles. The second kappa shape index (κ2) is 4.42. The molecule has 1 atom stereocenters. The third kappa shape index (κ3) is 1.67. The van der Waals surface area contributed by atoms with Crippen molar-refractivity contribution in [3.63, 3.8) is 0 Å². The Hall–Kier alpha value is -1.30. The van der Waals surface area contributed by atoms with Crippen molar-refractivity contribution in [2.24, 2.45) is 5.92 Å². The molecule has 1 aliphatic heterocycles. The molecular weight excluding hydrogens is 224 g/mol. The monoisotopic (exact) mass is 244 g/mol. The van der Waals surface area contributed by atoms with Gasteiger partial charge in [0.05, 0.1) is 0 Å². The summed E-state index contributed by atoms with van der Waals surface area (Å²) in [6.07, 6.45) is 10.4. The molecule has 0 radical (unpaired) electrons. The van der Waals surface area contributed by atoms with Crippen LogP contribution in [0.3, 0.4) is 0 Å². The summed E-state index contributed by atoms with van der Waals surface area (Å²) < 4.78 is 0. The molecule has 0 bridgehead atoms. The Labute approximate surface area is 108 Å². The standard InChI is InChI=1S/C15H20N2O/c16-10-12-11-6-2-3-7-13(11)15(17-14(12)18)8-4-1-5-9-15/h13H,1-9H2,(H,17,18). The number of rotatable bonds is 0. The van der Waals surface area contributed by atoms with Gasteiger partial charge in [0.2, 0.25) is 0 Å². The van der Waals surface area contributed by atoms with Crippen molar-refractivity contribution in [2.45, 2.75) is 63.3 Å². The van der Waals surface area contributed by atoms with Crippen molar-refractivity contribution >= 4 is 5.91 Å². The molecule has 2 aliphatic carbocycles. The van der Waals surface area contributed by atoms with Crippen LogP contribution >= 0.6 is 0 Å². The predicted octanol–water partition coefficient (Wildman–Crippen LogP) is 2.83. The van der Waals surface area contributed by atoms with E-state index in [9.17, 15) is 10.1 Å². The fraction of sp³-hybridized carbons (Fsp3) is 0.733. The first-order chi connectivity index (χ1) is 8.77. The summed E-state index contributed by atoms with van der Waals surface area (Å²) >= 11 is 0. The molecule has 2 fully saturated rings. The summed E-state index contributed by atoms with van der Waals surface area (Å²) in [5, 5.41) is 12.4.